The molecule has 0 unspecified atom stereocenters. The first-order valence-corrected chi connectivity index (χ1v) is 10.6. The summed E-state index contributed by atoms with van der Waals surface area (Å²) in [6, 6.07) is 15.3. The van der Waals surface area contributed by atoms with Crippen LogP contribution in [-0.4, -0.2) is 35.9 Å². The molecule has 164 valence electrons. The van der Waals surface area contributed by atoms with Gasteiger partial charge in [0.15, 0.2) is 0 Å². The van der Waals surface area contributed by atoms with Crippen molar-refractivity contribution in [1.82, 2.24) is 14.5 Å². The Hall–Kier alpha value is -3.51. The first-order valence-electron chi connectivity index (χ1n) is 10.2. The van der Waals surface area contributed by atoms with Crippen molar-refractivity contribution in [3.63, 3.8) is 0 Å². The van der Waals surface area contributed by atoms with Crippen LogP contribution >= 0.6 is 11.6 Å². The van der Waals surface area contributed by atoms with Crippen molar-refractivity contribution in [3.8, 4) is 51.2 Å². The second-order valence-corrected chi connectivity index (χ2v) is 7.46. The summed E-state index contributed by atoms with van der Waals surface area (Å²) in [6.07, 6.45) is 3.53. The Morgan fingerprint density at radius 3 is 2.00 bits per heavy atom. The molecule has 0 saturated carbocycles. The van der Waals surface area contributed by atoms with E-state index in [9.17, 15) is 0 Å². The molecule has 2 aromatic carbocycles. The molecular formula is C25H24ClN3O3. The summed E-state index contributed by atoms with van der Waals surface area (Å²) in [7, 11) is 4.86. The van der Waals surface area contributed by atoms with E-state index in [2.05, 4.69) is 16.5 Å². The summed E-state index contributed by atoms with van der Waals surface area (Å²) in [4.78, 5) is 9.25. The number of benzene rings is 2. The first-order chi connectivity index (χ1) is 15.6. The van der Waals surface area contributed by atoms with Crippen LogP contribution in [0.15, 0.2) is 60.9 Å². The van der Waals surface area contributed by atoms with Gasteiger partial charge in [0.1, 0.15) is 28.6 Å². The Morgan fingerprint density at radius 1 is 0.844 bits per heavy atom. The van der Waals surface area contributed by atoms with Crippen molar-refractivity contribution in [2.75, 3.05) is 21.3 Å². The molecule has 0 aliphatic rings. The van der Waals surface area contributed by atoms with E-state index in [-0.39, 0.29) is 0 Å². The van der Waals surface area contributed by atoms with Gasteiger partial charge < -0.3 is 18.8 Å². The van der Waals surface area contributed by atoms with E-state index in [4.69, 9.17) is 30.8 Å². The highest BCUT2D eigenvalue weighted by Gasteiger charge is 2.25. The van der Waals surface area contributed by atoms with Crippen molar-refractivity contribution in [2.45, 2.75) is 13.5 Å². The van der Waals surface area contributed by atoms with Crippen LogP contribution in [0, 0.1) is 0 Å². The Balaban J connectivity index is 2.06. The number of hydrogen-bond acceptors (Lipinski definition) is 5. The minimum absolute atomic E-state index is 0.616. The second-order valence-electron chi connectivity index (χ2n) is 7.03. The van der Waals surface area contributed by atoms with Crippen molar-refractivity contribution >= 4 is 11.6 Å². The van der Waals surface area contributed by atoms with E-state index in [1.54, 1.807) is 33.7 Å². The average molecular weight is 450 g/mol. The minimum atomic E-state index is 0.616. The summed E-state index contributed by atoms with van der Waals surface area (Å²) < 4.78 is 19.0. The predicted molar refractivity (Wildman–Crippen MR) is 127 cm³/mol. The van der Waals surface area contributed by atoms with Crippen molar-refractivity contribution < 1.29 is 14.2 Å². The zero-order valence-corrected chi connectivity index (χ0v) is 19.2. The first kappa shape index (κ1) is 21.7. The van der Waals surface area contributed by atoms with Crippen LogP contribution in [0.2, 0.25) is 5.02 Å². The number of methoxy groups -OCH3 is 3. The van der Waals surface area contributed by atoms with Crippen LogP contribution < -0.4 is 14.2 Å². The standard InChI is InChI=1S/C25H24ClN3O3/c1-5-29-24(17-6-8-18(26)9-7-17)23(16-10-12-27-13-11-16)28-25(29)22-20(31-3)14-19(30-2)15-21(22)32-4/h6-15H,5H2,1-4H3. The molecule has 0 amide bonds. The smallest absolute Gasteiger partial charge is 0.148 e. The minimum Gasteiger partial charge on any atom is -0.496 e. The number of hydrogen-bond donors (Lipinski definition) is 0. The molecule has 0 bridgehead atoms. The Kier molecular flexibility index (Phi) is 6.32. The van der Waals surface area contributed by atoms with Crippen LogP contribution in [-0.2, 0) is 6.54 Å². The molecule has 0 aliphatic carbocycles. The largest absolute Gasteiger partial charge is 0.496 e. The molecule has 4 rings (SSSR count). The maximum atomic E-state index is 6.16. The van der Waals surface area contributed by atoms with Gasteiger partial charge in [-0.15, -0.1) is 0 Å². The number of halogens is 1. The van der Waals surface area contributed by atoms with E-state index in [1.807, 2.05) is 48.5 Å². The summed E-state index contributed by atoms with van der Waals surface area (Å²) >= 11 is 6.16. The lowest BCUT2D eigenvalue weighted by Crippen LogP contribution is -2.03. The van der Waals surface area contributed by atoms with E-state index in [0.29, 0.717) is 28.8 Å². The van der Waals surface area contributed by atoms with Gasteiger partial charge in [-0.3, -0.25) is 4.98 Å². The van der Waals surface area contributed by atoms with E-state index in [1.165, 1.54) is 0 Å². The molecule has 0 fully saturated rings. The highest BCUT2D eigenvalue weighted by atomic mass is 35.5. The predicted octanol–water partition coefficient (Wildman–Crippen LogP) is 5.98. The van der Waals surface area contributed by atoms with Crippen molar-refractivity contribution in [1.29, 1.82) is 0 Å². The third-order valence-corrected chi connectivity index (χ3v) is 5.55. The topological polar surface area (TPSA) is 58.4 Å². The maximum Gasteiger partial charge on any atom is 0.148 e. The summed E-state index contributed by atoms with van der Waals surface area (Å²) in [6.45, 7) is 2.77. The normalized spacial score (nSPS) is 10.8. The second kappa shape index (κ2) is 9.32. The quantitative estimate of drug-likeness (QED) is 0.347. The molecule has 0 atom stereocenters. The van der Waals surface area contributed by atoms with Crippen molar-refractivity contribution in [3.05, 3.63) is 65.9 Å². The Labute approximate surface area is 192 Å². The monoisotopic (exact) mass is 449 g/mol. The molecule has 32 heavy (non-hydrogen) atoms. The van der Waals surface area contributed by atoms with Gasteiger partial charge in [0.25, 0.3) is 0 Å². The van der Waals surface area contributed by atoms with Gasteiger partial charge >= 0.3 is 0 Å². The van der Waals surface area contributed by atoms with Gasteiger partial charge in [0.2, 0.25) is 0 Å². The highest BCUT2D eigenvalue weighted by molar-refractivity contribution is 6.30. The maximum absolute atomic E-state index is 6.16. The van der Waals surface area contributed by atoms with Gasteiger partial charge in [-0.05, 0) is 31.2 Å². The Bertz CT molecular complexity index is 1200. The zero-order valence-electron chi connectivity index (χ0n) is 18.4. The molecule has 2 aromatic heterocycles. The highest BCUT2D eigenvalue weighted by Crippen LogP contribution is 2.44. The van der Waals surface area contributed by atoms with Crippen LogP contribution in [0.5, 0.6) is 17.2 Å². The lowest BCUT2D eigenvalue weighted by atomic mass is 10.1. The van der Waals surface area contributed by atoms with Gasteiger partial charge in [-0.1, -0.05) is 23.7 Å². The van der Waals surface area contributed by atoms with Crippen molar-refractivity contribution in [2.24, 2.45) is 0 Å². The molecule has 0 N–H and O–H groups in total. The molecule has 0 saturated heterocycles. The number of nitrogens with zero attached hydrogens (tertiary/aromatic N) is 3. The fourth-order valence-corrected chi connectivity index (χ4v) is 3.92. The number of imidazole rings is 1. The van der Waals surface area contributed by atoms with Gasteiger partial charge in [0, 0.05) is 47.2 Å². The summed E-state index contributed by atoms with van der Waals surface area (Å²) in [5, 5.41) is 0.681. The number of ether oxygens (including phenoxy) is 3. The lowest BCUT2D eigenvalue weighted by molar-refractivity contribution is 0.377. The van der Waals surface area contributed by atoms with E-state index < -0.39 is 0 Å². The van der Waals surface area contributed by atoms with Crippen LogP contribution in [0.25, 0.3) is 33.9 Å². The van der Waals surface area contributed by atoms with E-state index in [0.717, 1.165) is 33.9 Å². The van der Waals surface area contributed by atoms with Gasteiger partial charge in [0.05, 0.1) is 32.7 Å². The third-order valence-electron chi connectivity index (χ3n) is 5.29. The molecule has 0 radical (unpaired) electrons. The molecular weight excluding hydrogens is 426 g/mol. The molecule has 0 spiro atoms. The van der Waals surface area contributed by atoms with E-state index >= 15 is 0 Å². The average Bonchev–Trinajstić information content (AvgIpc) is 3.23. The number of aromatic nitrogens is 3. The zero-order chi connectivity index (χ0) is 22.7. The lowest BCUT2D eigenvalue weighted by Gasteiger charge is -2.16. The van der Waals surface area contributed by atoms with Gasteiger partial charge in [-0.25, -0.2) is 4.98 Å². The summed E-state index contributed by atoms with van der Waals surface area (Å²) in [5.74, 6) is 2.61. The number of rotatable bonds is 7. The van der Waals surface area contributed by atoms with Crippen LogP contribution in [0.3, 0.4) is 0 Å². The SMILES string of the molecule is CCn1c(-c2c(OC)cc(OC)cc2OC)nc(-c2ccncc2)c1-c1ccc(Cl)cc1. The van der Waals surface area contributed by atoms with Gasteiger partial charge in [-0.2, -0.15) is 0 Å². The molecule has 7 heteroatoms. The third kappa shape index (κ3) is 3.89. The fourth-order valence-electron chi connectivity index (χ4n) is 3.79. The van der Waals surface area contributed by atoms with Crippen LogP contribution in [0.4, 0.5) is 0 Å². The van der Waals surface area contributed by atoms with Crippen LogP contribution in [0.1, 0.15) is 6.92 Å². The number of pyridine rings is 1. The Morgan fingerprint density at radius 2 is 1.47 bits per heavy atom. The fraction of sp³-hybridized carbons (Fsp3) is 0.200. The summed E-state index contributed by atoms with van der Waals surface area (Å²) in [5.41, 5.74) is 4.54. The molecule has 6 nitrogen and oxygen atoms in total. The molecule has 2 heterocycles. The molecule has 0 aliphatic heterocycles. The molecule has 4 aromatic rings.